The summed E-state index contributed by atoms with van der Waals surface area (Å²) in [7, 11) is 0. The van der Waals surface area contributed by atoms with Gasteiger partial charge in [0.05, 0.1) is 5.52 Å². The maximum Gasteiger partial charge on any atom is 0.0538 e. The van der Waals surface area contributed by atoms with E-state index in [-0.39, 0.29) is 5.41 Å². The van der Waals surface area contributed by atoms with Crippen molar-refractivity contribution in [1.82, 2.24) is 4.57 Å². The summed E-state index contributed by atoms with van der Waals surface area (Å²) >= 11 is 0. The van der Waals surface area contributed by atoms with Crippen molar-refractivity contribution in [1.29, 1.82) is 0 Å². The van der Waals surface area contributed by atoms with Gasteiger partial charge in [-0.3, -0.25) is 0 Å². The van der Waals surface area contributed by atoms with Gasteiger partial charge in [-0.05, 0) is 122 Å². The van der Waals surface area contributed by atoms with Crippen LogP contribution in [0, 0.1) is 11.8 Å². The average Bonchev–Trinajstić information content (AvgIpc) is 3.74. The average molecular weight is 774 g/mol. The smallest absolute Gasteiger partial charge is 0.0538 e. The Morgan fingerprint density at radius 3 is 2.33 bits per heavy atom. The normalized spacial score (nSPS) is 20.2. The standard InChI is InChI=1S/C59H51N/c1-38-16-8-9-22-45(38)41-18-15-19-42(36-41)53(34-40-28-30-51-50-25-12-13-27-55(50)59(3,4)56(51)35-40)49-32-31-46(47-23-10-11-24-48(47)49)43-29-33-57-54(37-43)52-26-14-17-39(2)58(52)60(57)44-20-6-5-7-21-44/h5-14,16,19-39,45H,15,17-18H2,1-4H3/b53-34+. The molecule has 0 saturated carbocycles. The van der Waals surface area contributed by atoms with E-state index < -0.39 is 0 Å². The molecule has 0 aliphatic heterocycles. The van der Waals surface area contributed by atoms with Crippen LogP contribution < -0.4 is 0 Å². The Kier molecular flexibility index (Phi) is 8.78. The molecule has 0 amide bonds. The molecule has 3 unspecified atom stereocenters. The molecule has 1 nitrogen and oxygen atoms in total. The fourth-order valence-electron chi connectivity index (χ4n) is 11.0. The van der Waals surface area contributed by atoms with Crippen LogP contribution in [0.15, 0.2) is 181 Å². The number of benzene rings is 6. The van der Waals surface area contributed by atoms with Crippen molar-refractivity contribution in [3.8, 4) is 27.9 Å². The largest absolute Gasteiger partial charge is 0.313 e. The first kappa shape index (κ1) is 36.6. The lowest BCUT2D eigenvalue weighted by atomic mass is 9.78. The first-order chi connectivity index (χ1) is 29.3. The second-order valence-electron chi connectivity index (χ2n) is 18.1. The van der Waals surface area contributed by atoms with E-state index in [2.05, 4.69) is 214 Å². The minimum Gasteiger partial charge on any atom is -0.313 e. The van der Waals surface area contributed by atoms with E-state index in [1.807, 2.05) is 0 Å². The van der Waals surface area contributed by atoms with Gasteiger partial charge in [0.2, 0.25) is 0 Å². The van der Waals surface area contributed by atoms with Crippen molar-refractivity contribution in [2.45, 2.75) is 58.3 Å². The molecule has 4 aliphatic rings. The lowest BCUT2D eigenvalue weighted by Gasteiger charge is -2.27. The topological polar surface area (TPSA) is 4.93 Å². The summed E-state index contributed by atoms with van der Waals surface area (Å²) in [5.41, 5.74) is 19.9. The highest BCUT2D eigenvalue weighted by atomic mass is 15.0. The second-order valence-corrected chi connectivity index (χ2v) is 18.1. The van der Waals surface area contributed by atoms with E-state index in [1.165, 1.54) is 99.8 Å². The van der Waals surface area contributed by atoms with Gasteiger partial charge in [-0.25, -0.2) is 0 Å². The number of para-hydroxylation sites is 1. The molecular weight excluding hydrogens is 723 g/mol. The van der Waals surface area contributed by atoms with Crippen molar-refractivity contribution in [2.75, 3.05) is 0 Å². The van der Waals surface area contributed by atoms with Gasteiger partial charge in [-0.15, -0.1) is 0 Å². The third-order valence-corrected chi connectivity index (χ3v) is 14.0. The number of aromatic nitrogens is 1. The molecule has 6 aromatic carbocycles. The maximum atomic E-state index is 2.53. The Morgan fingerprint density at radius 1 is 0.700 bits per heavy atom. The van der Waals surface area contributed by atoms with Crippen molar-refractivity contribution in [3.05, 3.63) is 215 Å². The third-order valence-electron chi connectivity index (χ3n) is 14.0. The number of hydrogen-bond donors (Lipinski definition) is 0. The predicted octanol–water partition coefficient (Wildman–Crippen LogP) is 15.8. The lowest BCUT2D eigenvalue weighted by molar-refractivity contribution is 0.555. The summed E-state index contributed by atoms with van der Waals surface area (Å²) in [6.07, 6.45) is 24.6. The number of allylic oxidation sites excluding steroid dienone is 10. The molecule has 1 heteroatoms. The Labute approximate surface area is 355 Å². The fourth-order valence-corrected chi connectivity index (χ4v) is 11.0. The SMILES string of the molecule is CC1CC=Cc2c1n(-c1ccccc1)c1ccc(-c3ccc(/C(=C/c4ccc5c(c4)C(C)(C)c4ccccc4-5)C4=CCCC(C5C=CC=CC5C)=C4)c4ccccc34)cc21. The summed E-state index contributed by atoms with van der Waals surface area (Å²) in [6.45, 7) is 9.48. The highest BCUT2D eigenvalue weighted by Gasteiger charge is 2.35. The van der Waals surface area contributed by atoms with Crippen LogP contribution in [0.3, 0.4) is 0 Å². The first-order valence-electron chi connectivity index (χ1n) is 22.0. The first-order valence-corrected chi connectivity index (χ1v) is 22.0. The van der Waals surface area contributed by atoms with Crippen molar-refractivity contribution in [2.24, 2.45) is 11.8 Å². The minimum absolute atomic E-state index is 0.0608. The number of rotatable bonds is 6. The minimum atomic E-state index is -0.0608. The summed E-state index contributed by atoms with van der Waals surface area (Å²) in [4.78, 5) is 0. The van der Waals surface area contributed by atoms with Gasteiger partial charge < -0.3 is 4.57 Å². The highest BCUT2D eigenvalue weighted by molar-refractivity contribution is 6.09. The molecule has 1 aromatic heterocycles. The Hall–Kier alpha value is -6.44. The van der Waals surface area contributed by atoms with Gasteiger partial charge >= 0.3 is 0 Å². The molecule has 1 heterocycles. The summed E-state index contributed by atoms with van der Waals surface area (Å²) < 4.78 is 2.50. The van der Waals surface area contributed by atoms with Crippen molar-refractivity contribution >= 4 is 39.4 Å². The van der Waals surface area contributed by atoms with Gasteiger partial charge in [0.25, 0.3) is 0 Å². The van der Waals surface area contributed by atoms with E-state index in [1.54, 1.807) is 0 Å². The highest BCUT2D eigenvalue weighted by Crippen LogP contribution is 2.50. The Bertz CT molecular complexity index is 3060. The maximum absolute atomic E-state index is 2.53. The van der Waals surface area contributed by atoms with Crippen LogP contribution in [0.2, 0.25) is 0 Å². The van der Waals surface area contributed by atoms with E-state index >= 15 is 0 Å². The van der Waals surface area contributed by atoms with Gasteiger partial charge in [0.1, 0.15) is 0 Å². The van der Waals surface area contributed by atoms with E-state index in [0.29, 0.717) is 17.8 Å². The molecule has 0 bridgehead atoms. The third kappa shape index (κ3) is 5.89. The van der Waals surface area contributed by atoms with Gasteiger partial charge in [0.15, 0.2) is 0 Å². The molecule has 3 atom stereocenters. The zero-order valence-corrected chi connectivity index (χ0v) is 35.1. The summed E-state index contributed by atoms with van der Waals surface area (Å²) in [5.74, 6) is 1.35. The van der Waals surface area contributed by atoms with Crippen LogP contribution in [0.25, 0.3) is 67.3 Å². The molecule has 7 aromatic rings. The second kappa shape index (κ2) is 14.4. The summed E-state index contributed by atoms with van der Waals surface area (Å²) in [5, 5.41) is 3.87. The van der Waals surface area contributed by atoms with Crippen molar-refractivity contribution in [3.63, 3.8) is 0 Å². The zero-order valence-electron chi connectivity index (χ0n) is 35.1. The predicted molar refractivity (Wildman–Crippen MR) is 256 cm³/mol. The lowest BCUT2D eigenvalue weighted by Crippen LogP contribution is -2.15. The van der Waals surface area contributed by atoms with Crippen LogP contribution in [0.1, 0.15) is 86.4 Å². The Morgan fingerprint density at radius 2 is 1.47 bits per heavy atom. The zero-order chi connectivity index (χ0) is 40.5. The molecule has 0 fully saturated rings. The van der Waals surface area contributed by atoms with Crippen molar-refractivity contribution < 1.29 is 0 Å². The molecule has 0 saturated heterocycles. The van der Waals surface area contributed by atoms with Crippen LogP contribution in [-0.2, 0) is 5.41 Å². The molecule has 0 radical (unpaired) electrons. The molecule has 0 spiro atoms. The number of nitrogens with zero attached hydrogens (tertiary/aromatic N) is 1. The summed E-state index contributed by atoms with van der Waals surface area (Å²) in [6, 6.07) is 48.0. The molecule has 0 N–H and O–H groups in total. The van der Waals surface area contributed by atoms with Gasteiger partial charge in [-0.1, -0.05) is 185 Å². The quantitative estimate of drug-likeness (QED) is 0.148. The molecular formula is C59H51N. The molecule has 4 aliphatic carbocycles. The molecule has 11 rings (SSSR count). The number of hydrogen-bond acceptors (Lipinski definition) is 0. The van der Waals surface area contributed by atoms with Crippen LogP contribution in [-0.4, -0.2) is 4.57 Å². The van der Waals surface area contributed by atoms with E-state index in [0.717, 1.165) is 19.3 Å². The van der Waals surface area contributed by atoms with E-state index in [9.17, 15) is 0 Å². The number of fused-ring (bicyclic) bond motifs is 7. The monoisotopic (exact) mass is 773 g/mol. The Balaban J connectivity index is 1.08. The van der Waals surface area contributed by atoms with Crippen LogP contribution in [0.5, 0.6) is 0 Å². The molecule has 60 heavy (non-hydrogen) atoms. The van der Waals surface area contributed by atoms with Crippen LogP contribution in [0.4, 0.5) is 0 Å². The van der Waals surface area contributed by atoms with E-state index in [4.69, 9.17) is 0 Å². The fraction of sp³-hybridized carbons (Fsp3) is 0.186. The van der Waals surface area contributed by atoms with Gasteiger partial charge in [0, 0.05) is 39.6 Å². The molecule has 292 valence electrons. The van der Waals surface area contributed by atoms with Gasteiger partial charge in [-0.2, -0.15) is 0 Å². The van der Waals surface area contributed by atoms with Crippen LogP contribution >= 0.6 is 0 Å².